The van der Waals surface area contributed by atoms with Crippen LogP contribution in [0.4, 0.5) is 9.59 Å². The van der Waals surface area contributed by atoms with Gasteiger partial charge in [0.15, 0.2) is 0 Å². The summed E-state index contributed by atoms with van der Waals surface area (Å²) in [7, 11) is 0. The Labute approximate surface area is 396 Å². The van der Waals surface area contributed by atoms with Crippen LogP contribution in [-0.2, 0) is 28.7 Å². The molecule has 4 fully saturated rings. The van der Waals surface area contributed by atoms with Gasteiger partial charge in [-0.3, -0.25) is 38.8 Å². The molecule has 0 bridgehead atoms. The van der Waals surface area contributed by atoms with Crippen LogP contribution in [0.3, 0.4) is 0 Å². The Morgan fingerprint density at radius 1 is 0.515 bits per heavy atom. The van der Waals surface area contributed by atoms with Crippen LogP contribution in [0, 0.1) is 0 Å². The third kappa shape index (κ3) is 14.1. The topological polar surface area (TPSA) is 198 Å². The van der Waals surface area contributed by atoms with Gasteiger partial charge in [-0.25, -0.2) is 9.59 Å². The van der Waals surface area contributed by atoms with E-state index >= 15 is 0 Å². The van der Waals surface area contributed by atoms with E-state index in [9.17, 15) is 39.0 Å². The lowest BCUT2D eigenvalue weighted by atomic mass is 9.68. The van der Waals surface area contributed by atoms with Crippen LogP contribution in [0.25, 0.3) is 0 Å². The van der Waals surface area contributed by atoms with Crippen molar-refractivity contribution in [1.29, 1.82) is 0 Å². The fraction of sp³-hybridized carbons (Fsp3) is 0.880. The van der Waals surface area contributed by atoms with Crippen LogP contribution in [0.1, 0.15) is 198 Å². The van der Waals surface area contributed by atoms with Crippen molar-refractivity contribution < 1.29 is 48.5 Å². The first-order chi connectivity index (χ1) is 30.8. The fourth-order valence-corrected chi connectivity index (χ4v) is 12.0. The molecule has 0 aliphatic carbocycles. The number of carbonyl (C=O) groups excluding carboxylic acids is 6. The van der Waals surface area contributed by atoms with Crippen molar-refractivity contribution >= 4 is 35.8 Å². The number of ether oxygens (including phenoxy) is 2. The number of rotatable bonds is 27. The number of unbranched alkanes of at least 4 members (excludes halogenated alkanes) is 11. The third-order valence-corrected chi connectivity index (χ3v) is 14.5. The normalized spacial score (nSPS) is 22.7. The number of nitrogens with one attached hydrogen (secondary N) is 2. The Morgan fingerprint density at radius 3 is 1.14 bits per heavy atom. The van der Waals surface area contributed by atoms with Crippen LogP contribution >= 0.6 is 0 Å². The molecule has 66 heavy (non-hydrogen) atoms. The Balaban J connectivity index is 1.14. The summed E-state index contributed by atoms with van der Waals surface area (Å²) in [5, 5.41) is 28.2. The van der Waals surface area contributed by atoms with E-state index in [-0.39, 0.29) is 63.0 Å². The molecule has 6 amide bonds. The lowest BCUT2D eigenvalue weighted by Crippen LogP contribution is -2.70. The van der Waals surface area contributed by atoms with Crippen molar-refractivity contribution in [2.45, 2.75) is 243 Å². The molecule has 0 aromatic heterocycles. The minimum Gasteiger partial charge on any atom is -0.463 e. The molecule has 16 nitrogen and oxygen atoms in total. The number of aliphatic hydroxyl groups is 2. The highest BCUT2D eigenvalue weighted by Gasteiger charge is 2.62. The standard InChI is InChI=1S/C50H88N6O10/c1-11-13-15-17-19-23-27-53-41(61)49(51-43(53)63)33-45(3,4)55(46(5,6)34-49)29-37(57)31-65-39(59)25-21-22-26-40(60)66-32-38(58)30-56-47(7,8)35-50(36-48(56,9)10)42(62)54(44(64)52-50)28-24-20-18-16-14-12-2/h37-38,57-58H,11-36H2,1-10H3,(H,51,63)(H,52,64). The number of likely N-dealkylation sites (tertiary alicyclic amines) is 2. The van der Waals surface area contributed by atoms with Gasteiger partial charge in [-0.1, -0.05) is 78.1 Å². The van der Waals surface area contributed by atoms with Gasteiger partial charge < -0.3 is 30.3 Å². The number of β-amino-alcohol motifs (C(OH)–C–C–N with tert-alkyl or cyclic N) is 2. The molecule has 2 spiro atoms. The van der Waals surface area contributed by atoms with Crippen molar-refractivity contribution in [1.82, 2.24) is 30.2 Å². The summed E-state index contributed by atoms with van der Waals surface area (Å²) in [6.45, 7) is 21.2. The van der Waals surface area contributed by atoms with Crippen molar-refractivity contribution in [2.75, 3.05) is 39.4 Å². The summed E-state index contributed by atoms with van der Waals surface area (Å²) in [5.41, 5.74) is -4.34. The first-order valence-electron chi connectivity index (χ1n) is 25.4. The Kier molecular flexibility index (Phi) is 19.5. The van der Waals surface area contributed by atoms with Gasteiger partial charge >= 0.3 is 24.0 Å². The maximum Gasteiger partial charge on any atom is 0.325 e. The molecule has 0 radical (unpaired) electrons. The number of carbonyl (C=O) groups is 6. The average molecular weight is 933 g/mol. The molecular formula is C50H88N6O10. The number of imide groups is 2. The van der Waals surface area contributed by atoms with Gasteiger partial charge in [0.25, 0.3) is 11.8 Å². The Morgan fingerprint density at radius 2 is 0.818 bits per heavy atom. The van der Waals surface area contributed by atoms with E-state index < -0.39 is 57.4 Å². The minimum atomic E-state index is -1.02. The van der Waals surface area contributed by atoms with Gasteiger partial charge in [-0.2, -0.15) is 0 Å². The quantitative estimate of drug-likeness (QED) is 0.0376. The summed E-state index contributed by atoms with van der Waals surface area (Å²) in [6.07, 6.45) is 13.2. The van der Waals surface area contributed by atoms with E-state index in [4.69, 9.17) is 9.47 Å². The highest BCUT2D eigenvalue weighted by Crippen LogP contribution is 2.47. The van der Waals surface area contributed by atoms with Gasteiger partial charge in [-0.05, 0) is 107 Å². The second-order valence-electron chi connectivity index (χ2n) is 22.5. The first kappa shape index (κ1) is 55.3. The van der Waals surface area contributed by atoms with Crippen molar-refractivity contribution in [3.8, 4) is 0 Å². The van der Waals surface area contributed by atoms with Gasteiger partial charge in [0.1, 0.15) is 36.5 Å². The number of piperidine rings is 2. The molecule has 378 valence electrons. The van der Waals surface area contributed by atoms with Crippen LogP contribution in [0.15, 0.2) is 0 Å². The van der Waals surface area contributed by atoms with Gasteiger partial charge in [0, 0.05) is 61.2 Å². The minimum absolute atomic E-state index is 0.0588. The van der Waals surface area contributed by atoms with Gasteiger partial charge in [0.05, 0.1) is 0 Å². The predicted molar refractivity (Wildman–Crippen MR) is 253 cm³/mol. The molecule has 0 saturated carbocycles. The fourth-order valence-electron chi connectivity index (χ4n) is 12.0. The van der Waals surface area contributed by atoms with Crippen LogP contribution in [0.2, 0.25) is 0 Å². The van der Waals surface area contributed by atoms with Gasteiger partial charge in [0.2, 0.25) is 0 Å². The van der Waals surface area contributed by atoms with E-state index in [0.29, 0.717) is 51.6 Å². The van der Waals surface area contributed by atoms with Crippen LogP contribution in [-0.4, -0.2) is 150 Å². The zero-order valence-electron chi connectivity index (χ0n) is 42.5. The summed E-state index contributed by atoms with van der Waals surface area (Å²) >= 11 is 0. The summed E-state index contributed by atoms with van der Waals surface area (Å²) < 4.78 is 10.9. The molecular weight excluding hydrogens is 845 g/mol. The summed E-state index contributed by atoms with van der Waals surface area (Å²) in [6, 6.07) is -0.674. The van der Waals surface area contributed by atoms with E-state index in [2.05, 4.69) is 34.3 Å². The number of nitrogens with zero attached hydrogens (tertiary/aromatic N) is 4. The van der Waals surface area contributed by atoms with E-state index in [0.717, 1.165) is 64.2 Å². The van der Waals surface area contributed by atoms with E-state index in [1.807, 2.05) is 55.4 Å². The van der Waals surface area contributed by atoms with Crippen molar-refractivity contribution in [3.05, 3.63) is 0 Å². The molecule has 0 aromatic rings. The molecule has 2 unspecified atom stereocenters. The smallest absolute Gasteiger partial charge is 0.325 e. The van der Waals surface area contributed by atoms with E-state index in [1.165, 1.54) is 22.6 Å². The number of amides is 6. The maximum absolute atomic E-state index is 13.8. The molecule has 2 atom stereocenters. The highest BCUT2D eigenvalue weighted by atomic mass is 16.5. The van der Waals surface area contributed by atoms with Gasteiger partial charge in [-0.15, -0.1) is 0 Å². The number of hydrogen-bond donors (Lipinski definition) is 4. The SMILES string of the molecule is CCCCCCCCN1C(=O)NC2(CC(C)(C)N(CC(O)COC(=O)CCCCC(=O)OCC(O)CN3C(C)(C)CC4(CC3(C)C)NC(=O)N(CCCCCCCC)C4=O)C(C)(C)C2)C1=O. The monoisotopic (exact) mass is 933 g/mol. The zero-order chi connectivity index (χ0) is 49.1. The average Bonchev–Trinajstić information content (AvgIpc) is 3.56. The molecule has 4 N–H and O–H groups in total. The molecule has 0 aromatic carbocycles. The second kappa shape index (κ2) is 23.3. The second-order valence-corrected chi connectivity index (χ2v) is 22.5. The highest BCUT2D eigenvalue weighted by molar-refractivity contribution is 6.08. The number of esters is 2. The number of hydrogen-bond acceptors (Lipinski definition) is 12. The lowest BCUT2D eigenvalue weighted by molar-refractivity contribution is -0.152. The molecule has 16 heteroatoms. The predicted octanol–water partition coefficient (Wildman–Crippen LogP) is 6.96. The third-order valence-electron chi connectivity index (χ3n) is 14.5. The first-order valence-corrected chi connectivity index (χ1v) is 25.4. The molecule has 4 saturated heterocycles. The molecule has 4 rings (SSSR count). The number of aliphatic hydroxyl groups excluding tert-OH is 2. The van der Waals surface area contributed by atoms with Crippen LogP contribution < -0.4 is 10.6 Å². The zero-order valence-corrected chi connectivity index (χ0v) is 42.5. The summed E-state index contributed by atoms with van der Waals surface area (Å²) in [4.78, 5) is 86.1. The largest absolute Gasteiger partial charge is 0.463 e. The lowest BCUT2D eigenvalue weighted by Gasteiger charge is -2.58. The molecule has 4 heterocycles. The summed E-state index contributed by atoms with van der Waals surface area (Å²) in [5.74, 6) is -1.33. The van der Waals surface area contributed by atoms with Crippen LogP contribution in [0.5, 0.6) is 0 Å². The molecule has 4 aliphatic rings. The van der Waals surface area contributed by atoms with Crippen molar-refractivity contribution in [2.24, 2.45) is 0 Å². The Hall–Kier alpha value is -3.34. The Bertz CT molecular complexity index is 1530. The van der Waals surface area contributed by atoms with E-state index in [1.54, 1.807) is 0 Å². The maximum atomic E-state index is 13.8. The van der Waals surface area contributed by atoms with Crippen molar-refractivity contribution in [3.63, 3.8) is 0 Å². The molecule has 4 aliphatic heterocycles. The number of urea groups is 2.